The summed E-state index contributed by atoms with van der Waals surface area (Å²) >= 11 is 0. The molecule has 2 aromatic rings. The Morgan fingerprint density at radius 1 is 1.35 bits per heavy atom. The van der Waals surface area contributed by atoms with Crippen molar-refractivity contribution < 1.29 is 17.6 Å². The molecular formula is C11H11F3N2O. The number of oxazole rings is 1. The van der Waals surface area contributed by atoms with Gasteiger partial charge in [-0.05, 0) is 24.2 Å². The number of alkyl halides is 3. The molecule has 0 aliphatic rings. The number of nitrogens with zero attached hydrogens (tertiary/aromatic N) is 1. The summed E-state index contributed by atoms with van der Waals surface area (Å²) in [6.07, 6.45) is -4.54. The molecule has 1 heterocycles. The molecule has 1 aromatic carbocycles. The van der Waals surface area contributed by atoms with Crippen molar-refractivity contribution in [2.24, 2.45) is 0 Å². The van der Waals surface area contributed by atoms with E-state index in [4.69, 9.17) is 0 Å². The van der Waals surface area contributed by atoms with Crippen molar-refractivity contribution in [1.29, 1.82) is 0 Å². The van der Waals surface area contributed by atoms with Gasteiger partial charge in [0.05, 0.1) is 0 Å². The maximum Gasteiger partial charge on any atom is 0.468 e. The van der Waals surface area contributed by atoms with Gasteiger partial charge in [-0.2, -0.15) is 13.2 Å². The molecule has 6 heteroatoms. The molecule has 0 aliphatic heterocycles. The third-order valence-corrected chi connectivity index (χ3v) is 2.27. The average Bonchev–Trinajstić information content (AvgIpc) is 2.68. The Labute approximate surface area is 95.6 Å². The predicted octanol–water partition coefficient (Wildman–Crippen LogP) is 2.96. The molecule has 17 heavy (non-hydrogen) atoms. The average molecular weight is 244 g/mol. The lowest BCUT2D eigenvalue weighted by Crippen LogP contribution is -2.11. The number of benzene rings is 1. The van der Waals surface area contributed by atoms with E-state index in [9.17, 15) is 13.2 Å². The highest BCUT2D eigenvalue weighted by atomic mass is 19.4. The van der Waals surface area contributed by atoms with Gasteiger partial charge in [0.1, 0.15) is 5.52 Å². The van der Waals surface area contributed by atoms with Gasteiger partial charge in [0, 0.05) is 6.54 Å². The Morgan fingerprint density at radius 3 is 2.76 bits per heavy atom. The largest absolute Gasteiger partial charge is 0.468 e. The second-order valence-corrected chi connectivity index (χ2v) is 3.60. The molecule has 0 spiro atoms. The van der Waals surface area contributed by atoms with E-state index in [2.05, 4.69) is 14.7 Å². The molecule has 0 saturated heterocycles. The van der Waals surface area contributed by atoms with Crippen LogP contribution in [0.3, 0.4) is 0 Å². The first kappa shape index (κ1) is 11.9. The summed E-state index contributed by atoms with van der Waals surface area (Å²) in [6.45, 7) is 3.35. The van der Waals surface area contributed by atoms with Crippen molar-refractivity contribution >= 4 is 11.1 Å². The van der Waals surface area contributed by atoms with Crippen LogP contribution >= 0.6 is 0 Å². The van der Waals surface area contributed by atoms with Gasteiger partial charge in [-0.15, -0.1) is 0 Å². The summed E-state index contributed by atoms with van der Waals surface area (Å²) in [6, 6.07) is 4.82. The Balaban J connectivity index is 2.34. The van der Waals surface area contributed by atoms with Crippen LogP contribution in [0.5, 0.6) is 0 Å². The minimum absolute atomic E-state index is 0.151. The number of halogens is 3. The molecule has 3 nitrogen and oxygen atoms in total. The Morgan fingerprint density at radius 2 is 2.12 bits per heavy atom. The van der Waals surface area contributed by atoms with E-state index in [-0.39, 0.29) is 11.1 Å². The van der Waals surface area contributed by atoms with Crippen molar-refractivity contribution in [3.8, 4) is 0 Å². The van der Waals surface area contributed by atoms with Crippen LogP contribution < -0.4 is 5.32 Å². The van der Waals surface area contributed by atoms with Crippen LogP contribution in [-0.2, 0) is 12.7 Å². The fourth-order valence-electron chi connectivity index (χ4n) is 1.47. The van der Waals surface area contributed by atoms with E-state index >= 15 is 0 Å². The van der Waals surface area contributed by atoms with Crippen LogP contribution in [0.2, 0.25) is 0 Å². The molecule has 1 aromatic heterocycles. The third kappa shape index (κ3) is 2.58. The number of rotatable bonds is 3. The molecular weight excluding hydrogens is 233 g/mol. The second-order valence-electron chi connectivity index (χ2n) is 3.60. The predicted molar refractivity (Wildman–Crippen MR) is 56.4 cm³/mol. The normalized spacial score (nSPS) is 12.2. The van der Waals surface area contributed by atoms with Crippen molar-refractivity contribution in [3.63, 3.8) is 0 Å². The highest BCUT2D eigenvalue weighted by Crippen LogP contribution is 2.31. The highest BCUT2D eigenvalue weighted by molar-refractivity contribution is 5.73. The van der Waals surface area contributed by atoms with Gasteiger partial charge in [0.2, 0.25) is 0 Å². The van der Waals surface area contributed by atoms with Gasteiger partial charge < -0.3 is 9.73 Å². The van der Waals surface area contributed by atoms with Crippen LogP contribution in [-0.4, -0.2) is 11.5 Å². The van der Waals surface area contributed by atoms with Crippen LogP contribution in [0.25, 0.3) is 11.1 Å². The number of aromatic nitrogens is 1. The van der Waals surface area contributed by atoms with Gasteiger partial charge >= 0.3 is 12.1 Å². The maximum absolute atomic E-state index is 12.4. The van der Waals surface area contributed by atoms with Crippen LogP contribution in [0, 0.1) is 0 Å². The van der Waals surface area contributed by atoms with E-state index < -0.39 is 12.1 Å². The van der Waals surface area contributed by atoms with Crippen LogP contribution in [0.1, 0.15) is 18.4 Å². The molecule has 1 N–H and O–H groups in total. The van der Waals surface area contributed by atoms with Gasteiger partial charge in [-0.3, -0.25) is 0 Å². The van der Waals surface area contributed by atoms with Gasteiger partial charge in [-0.25, -0.2) is 4.98 Å². The van der Waals surface area contributed by atoms with E-state index in [0.717, 1.165) is 12.1 Å². The van der Waals surface area contributed by atoms with E-state index in [1.54, 1.807) is 12.1 Å². The Hall–Kier alpha value is -1.56. The third-order valence-electron chi connectivity index (χ3n) is 2.27. The van der Waals surface area contributed by atoms with E-state index in [1.165, 1.54) is 6.07 Å². The second kappa shape index (κ2) is 4.37. The van der Waals surface area contributed by atoms with E-state index in [1.807, 2.05) is 6.92 Å². The number of hydrogen-bond donors (Lipinski definition) is 1. The lowest BCUT2D eigenvalue weighted by atomic mass is 10.2. The van der Waals surface area contributed by atoms with Crippen molar-refractivity contribution in [1.82, 2.24) is 10.3 Å². The summed E-state index contributed by atoms with van der Waals surface area (Å²) < 4.78 is 41.7. The fraction of sp³-hybridized carbons (Fsp3) is 0.364. The molecule has 0 radical (unpaired) electrons. The summed E-state index contributed by atoms with van der Waals surface area (Å²) in [5.41, 5.74) is 1.26. The minimum Gasteiger partial charge on any atom is -0.433 e. The lowest BCUT2D eigenvalue weighted by molar-refractivity contribution is -0.156. The van der Waals surface area contributed by atoms with Crippen LogP contribution in [0.15, 0.2) is 22.6 Å². The zero-order valence-electron chi connectivity index (χ0n) is 9.14. The highest BCUT2D eigenvalue weighted by Gasteiger charge is 2.37. The monoisotopic (exact) mass is 244 g/mol. The fourth-order valence-corrected chi connectivity index (χ4v) is 1.47. The zero-order valence-corrected chi connectivity index (χ0v) is 9.14. The summed E-state index contributed by atoms with van der Waals surface area (Å²) in [4.78, 5) is 3.43. The topological polar surface area (TPSA) is 38.1 Å². The van der Waals surface area contributed by atoms with E-state index in [0.29, 0.717) is 6.54 Å². The molecule has 0 atom stereocenters. The molecule has 0 amide bonds. The number of nitrogens with one attached hydrogen (secondary N) is 1. The van der Waals surface area contributed by atoms with Crippen LogP contribution in [0.4, 0.5) is 13.2 Å². The SMILES string of the molecule is CCNCc1ccc2oc(C(F)(F)F)nc2c1. The maximum atomic E-state index is 12.4. The molecule has 0 saturated carbocycles. The molecule has 2 rings (SSSR count). The quantitative estimate of drug-likeness (QED) is 0.902. The minimum atomic E-state index is -4.54. The molecule has 0 aliphatic carbocycles. The Bertz CT molecular complexity index is 519. The standard InChI is InChI=1S/C11H11F3N2O/c1-2-15-6-7-3-4-9-8(5-7)16-10(17-9)11(12,13)14/h3-5,15H,2,6H2,1H3. The lowest BCUT2D eigenvalue weighted by Gasteiger charge is -2.00. The summed E-state index contributed by atoms with van der Waals surface area (Å²) in [7, 11) is 0. The number of fused-ring (bicyclic) bond motifs is 1. The first-order valence-electron chi connectivity index (χ1n) is 5.18. The molecule has 0 unspecified atom stereocenters. The zero-order chi connectivity index (χ0) is 12.5. The van der Waals surface area contributed by atoms with Gasteiger partial charge in [0.25, 0.3) is 0 Å². The summed E-state index contributed by atoms with van der Waals surface area (Å²) in [5, 5.41) is 3.09. The number of hydrogen-bond acceptors (Lipinski definition) is 3. The molecule has 0 bridgehead atoms. The first-order valence-corrected chi connectivity index (χ1v) is 5.18. The smallest absolute Gasteiger partial charge is 0.433 e. The van der Waals surface area contributed by atoms with Crippen molar-refractivity contribution in [2.75, 3.05) is 6.54 Å². The molecule has 0 fully saturated rings. The van der Waals surface area contributed by atoms with Crippen molar-refractivity contribution in [2.45, 2.75) is 19.6 Å². The van der Waals surface area contributed by atoms with Gasteiger partial charge in [0.15, 0.2) is 5.58 Å². The Kier molecular flexibility index (Phi) is 3.06. The summed E-state index contributed by atoms with van der Waals surface area (Å²) in [5.74, 6) is -1.20. The first-order chi connectivity index (χ1) is 8.00. The van der Waals surface area contributed by atoms with Gasteiger partial charge in [-0.1, -0.05) is 13.0 Å². The van der Waals surface area contributed by atoms with Crippen molar-refractivity contribution in [3.05, 3.63) is 29.7 Å². The molecule has 92 valence electrons.